The van der Waals surface area contributed by atoms with Gasteiger partial charge in [0.15, 0.2) is 0 Å². The highest BCUT2D eigenvalue weighted by atomic mass is 16.5. The Hall–Kier alpha value is -1.86. The van der Waals surface area contributed by atoms with E-state index >= 15 is 0 Å². The average Bonchev–Trinajstić information content (AvgIpc) is 3.31. The van der Waals surface area contributed by atoms with E-state index in [1.165, 1.54) is 32.2 Å². The van der Waals surface area contributed by atoms with Gasteiger partial charge in [0.25, 0.3) is 5.91 Å². The lowest BCUT2D eigenvalue weighted by molar-refractivity contribution is -0.149. The lowest BCUT2D eigenvalue weighted by atomic mass is 9.95. The number of piperidine rings is 1. The van der Waals surface area contributed by atoms with Crippen molar-refractivity contribution in [2.45, 2.75) is 31.8 Å². The summed E-state index contributed by atoms with van der Waals surface area (Å²) in [6.07, 6.45) is 6.74. The molecule has 0 bridgehead atoms. The summed E-state index contributed by atoms with van der Waals surface area (Å²) >= 11 is 0. The molecule has 2 N–H and O–H groups in total. The number of ether oxygens (including phenoxy) is 1. The van der Waals surface area contributed by atoms with E-state index in [2.05, 4.69) is 15.2 Å². The molecule has 4 rings (SSSR count). The molecular formula is C20H30N4O3. The maximum Gasteiger partial charge on any atom is 0.267 e. The van der Waals surface area contributed by atoms with Crippen LogP contribution in [0, 0.1) is 11.8 Å². The van der Waals surface area contributed by atoms with Crippen LogP contribution in [0.4, 0.5) is 0 Å². The molecule has 148 valence electrons. The van der Waals surface area contributed by atoms with Crippen LogP contribution in [0.2, 0.25) is 0 Å². The van der Waals surface area contributed by atoms with E-state index in [0.717, 1.165) is 25.6 Å². The molecule has 1 aromatic heterocycles. The summed E-state index contributed by atoms with van der Waals surface area (Å²) in [6.45, 7) is 5.51. The minimum absolute atomic E-state index is 0.0716. The zero-order valence-electron chi connectivity index (χ0n) is 15.9. The molecule has 1 saturated carbocycles. The molecule has 3 heterocycles. The molecular weight excluding hydrogens is 344 g/mol. The summed E-state index contributed by atoms with van der Waals surface area (Å²) in [5.41, 5.74) is 0.539. The van der Waals surface area contributed by atoms with Gasteiger partial charge in [-0.3, -0.25) is 9.59 Å². The third-order valence-corrected chi connectivity index (χ3v) is 5.95. The molecule has 7 nitrogen and oxygen atoms in total. The fraction of sp³-hybridized carbons (Fsp3) is 0.700. The first-order valence-corrected chi connectivity index (χ1v) is 10.2. The monoisotopic (exact) mass is 374 g/mol. The number of likely N-dealkylation sites (tertiary alicyclic amines) is 1. The van der Waals surface area contributed by atoms with E-state index < -0.39 is 0 Å². The lowest BCUT2D eigenvalue weighted by Crippen LogP contribution is -2.52. The summed E-state index contributed by atoms with van der Waals surface area (Å²) < 4.78 is 5.62. The second-order valence-corrected chi connectivity index (χ2v) is 8.21. The van der Waals surface area contributed by atoms with Crippen LogP contribution >= 0.6 is 0 Å². The van der Waals surface area contributed by atoms with Crippen LogP contribution in [-0.4, -0.2) is 78.6 Å². The Morgan fingerprint density at radius 2 is 1.96 bits per heavy atom. The Labute approximate surface area is 160 Å². The van der Waals surface area contributed by atoms with Crippen molar-refractivity contribution < 1.29 is 14.3 Å². The smallest absolute Gasteiger partial charge is 0.267 e. The zero-order valence-corrected chi connectivity index (χ0v) is 15.9. The molecule has 0 unspecified atom stereocenters. The molecule has 7 heteroatoms. The topological polar surface area (TPSA) is 77.7 Å². The number of carbonyl (C=O) groups excluding carboxylic acids is 2. The third-order valence-electron chi connectivity index (χ3n) is 5.95. The second kappa shape index (κ2) is 8.44. The van der Waals surface area contributed by atoms with Crippen molar-refractivity contribution in [1.82, 2.24) is 20.1 Å². The predicted octanol–water partition coefficient (Wildman–Crippen LogP) is 1.09. The quantitative estimate of drug-likeness (QED) is 0.749. The van der Waals surface area contributed by atoms with Crippen LogP contribution < -0.4 is 5.32 Å². The number of H-pyrrole nitrogens is 1. The maximum absolute atomic E-state index is 12.3. The van der Waals surface area contributed by atoms with Crippen molar-refractivity contribution in [2.24, 2.45) is 11.8 Å². The molecule has 0 radical (unpaired) electrons. The van der Waals surface area contributed by atoms with Crippen molar-refractivity contribution in [1.29, 1.82) is 0 Å². The molecule has 3 fully saturated rings. The zero-order chi connectivity index (χ0) is 18.6. The molecule has 1 aliphatic carbocycles. The summed E-state index contributed by atoms with van der Waals surface area (Å²) in [6, 6.07) is 3.53. The van der Waals surface area contributed by atoms with Gasteiger partial charge in [0, 0.05) is 32.4 Å². The Bertz CT molecular complexity index is 636. The molecule has 2 saturated heterocycles. The Morgan fingerprint density at radius 3 is 2.67 bits per heavy atom. The molecule has 1 atom stereocenters. The number of amides is 2. The predicted molar refractivity (Wildman–Crippen MR) is 101 cm³/mol. The van der Waals surface area contributed by atoms with Crippen molar-refractivity contribution in [3.8, 4) is 0 Å². The highest BCUT2D eigenvalue weighted by Gasteiger charge is 2.31. The van der Waals surface area contributed by atoms with Crippen LogP contribution in [0.25, 0.3) is 0 Å². The van der Waals surface area contributed by atoms with Crippen LogP contribution in [0.15, 0.2) is 18.3 Å². The highest BCUT2D eigenvalue weighted by molar-refractivity contribution is 5.92. The van der Waals surface area contributed by atoms with Crippen molar-refractivity contribution >= 4 is 11.8 Å². The van der Waals surface area contributed by atoms with Gasteiger partial charge in [0.1, 0.15) is 12.3 Å². The molecule has 3 aliphatic rings. The van der Waals surface area contributed by atoms with Crippen molar-refractivity contribution in [2.75, 3.05) is 45.9 Å². The summed E-state index contributed by atoms with van der Waals surface area (Å²) in [4.78, 5) is 31.7. The number of morpholine rings is 1. The molecule has 0 aromatic carbocycles. The van der Waals surface area contributed by atoms with Crippen LogP contribution in [0.1, 0.15) is 36.2 Å². The highest BCUT2D eigenvalue weighted by Crippen LogP contribution is 2.31. The SMILES string of the molecule is O=C(NC[C@@H]1CN(CC2CCN(CC3CC3)CC2)C(=O)CO1)c1ccc[nH]1. The summed E-state index contributed by atoms with van der Waals surface area (Å²) in [5, 5.41) is 2.88. The average molecular weight is 374 g/mol. The van der Waals surface area contributed by atoms with Gasteiger partial charge in [0.05, 0.1) is 6.10 Å². The van der Waals surface area contributed by atoms with E-state index in [1.807, 2.05) is 4.90 Å². The van der Waals surface area contributed by atoms with Crippen LogP contribution in [0.3, 0.4) is 0 Å². The van der Waals surface area contributed by atoms with Gasteiger partial charge < -0.3 is 24.8 Å². The number of nitrogens with one attached hydrogen (secondary N) is 2. The molecule has 2 aliphatic heterocycles. The summed E-state index contributed by atoms with van der Waals surface area (Å²) in [7, 11) is 0. The Kier molecular flexibility index (Phi) is 5.78. The molecule has 1 aromatic rings. The second-order valence-electron chi connectivity index (χ2n) is 8.21. The molecule has 0 spiro atoms. The standard InChI is InChI=1S/C20H30N4O3/c25-19-14-27-17(10-22-20(26)18-2-1-7-21-18)13-24(19)12-16-5-8-23(9-6-16)11-15-3-4-15/h1-2,7,15-17,21H,3-6,8-14H2,(H,22,26)/t17-/m1/s1. The number of hydrogen-bond acceptors (Lipinski definition) is 4. The van der Waals surface area contributed by atoms with E-state index in [-0.39, 0.29) is 24.5 Å². The van der Waals surface area contributed by atoms with E-state index in [0.29, 0.717) is 24.7 Å². The van der Waals surface area contributed by atoms with Gasteiger partial charge in [-0.2, -0.15) is 0 Å². The fourth-order valence-corrected chi connectivity index (χ4v) is 4.08. The van der Waals surface area contributed by atoms with Crippen molar-refractivity contribution in [3.63, 3.8) is 0 Å². The molecule has 27 heavy (non-hydrogen) atoms. The van der Waals surface area contributed by atoms with Crippen LogP contribution in [-0.2, 0) is 9.53 Å². The van der Waals surface area contributed by atoms with Gasteiger partial charge >= 0.3 is 0 Å². The van der Waals surface area contributed by atoms with Crippen LogP contribution in [0.5, 0.6) is 0 Å². The Balaban J connectivity index is 1.20. The van der Waals surface area contributed by atoms with Gasteiger partial charge in [-0.1, -0.05) is 0 Å². The van der Waals surface area contributed by atoms with Gasteiger partial charge in [-0.25, -0.2) is 0 Å². The number of aromatic amines is 1. The van der Waals surface area contributed by atoms with E-state index in [1.54, 1.807) is 18.3 Å². The van der Waals surface area contributed by atoms with Gasteiger partial charge in [-0.15, -0.1) is 0 Å². The lowest BCUT2D eigenvalue weighted by Gasteiger charge is -2.38. The fourth-order valence-electron chi connectivity index (χ4n) is 4.08. The normalized spacial score (nSPS) is 25.0. The first-order valence-electron chi connectivity index (χ1n) is 10.2. The van der Waals surface area contributed by atoms with Gasteiger partial charge in [-0.05, 0) is 62.7 Å². The number of carbonyl (C=O) groups is 2. The minimum atomic E-state index is -0.143. The first-order chi connectivity index (χ1) is 13.2. The largest absolute Gasteiger partial charge is 0.365 e. The molecule has 2 amide bonds. The number of hydrogen-bond donors (Lipinski definition) is 2. The van der Waals surface area contributed by atoms with Crippen molar-refractivity contribution in [3.05, 3.63) is 24.0 Å². The number of rotatable bonds is 7. The summed E-state index contributed by atoms with van der Waals surface area (Å²) in [5.74, 6) is 1.46. The number of nitrogens with zero attached hydrogens (tertiary/aromatic N) is 2. The first kappa shape index (κ1) is 18.5. The number of aromatic nitrogens is 1. The van der Waals surface area contributed by atoms with E-state index in [9.17, 15) is 9.59 Å². The minimum Gasteiger partial charge on any atom is -0.365 e. The van der Waals surface area contributed by atoms with Gasteiger partial charge in [0.2, 0.25) is 5.91 Å². The Morgan fingerprint density at radius 1 is 1.19 bits per heavy atom. The third kappa shape index (κ3) is 5.11. The van der Waals surface area contributed by atoms with E-state index in [4.69, 9.17) is 4.74 Å². The maximum atomic E-state index is 12.3.